The van der Waals surface area contributed by atoms with E-state index in [0.29, 0.717) is 0 Å². The van der Waals surface area contributed by atoms with Crippen LogP contribution in [-0.2, 0) is 4.79 Å². The molecule has 0 rings (SSSR count). The van der Waals surface area contributed by atoms with Gasteiger partial charge in [-0.1, -0.05) is 6.08 Å². The largest absolute Gasteiger partial charge is 0.354 e. The highest BCUT2D eigenvalue weighted by Gasteiger charge is 1.97. The maximum absolute atomic E-state index is 10.4. The summed E-state index contributed by atoms with van der Waals surface area (Å²) in [7, 11) is 0. The van der Waals surface area contributed by atoms with Gasteiger partial charge in [0.15, 0.2) is 0 Å². The number of nitrogens with one attached hydrogen (secondary N) is 1. The lowest BCUT2D eigenvalue weighted by Gasteiger charge is -2.07. The molecule has 0 saturated heterocycles. The van der Waals surface area contributed by atoms with Gasteiger partial charge < -0.3 is 5.32 Å². The van der Waals surface area contributed by atoms with Gasteiger partial charge in [0.1, 0.15) is 0 Å². The number of amides is 1. The molecular formula is C7H13NO. The maximum atomic E-state index is 10.4. The summed E-state index contributed by atoms with van der Waals surface area (Å²) >= 11 is 0. The molecular weight excluding hydrogens is 114 g/mol. The smallest absolute Gasteiger partial charge is 0.217 e. The van der Waals surface area contributed by atoms with Crippen molar-refractivity contribution < 1.29 is 4.79 Å². The first-order valence-electron chi connectivity index (χ1n) is 3.04. The van der Waals surface area contributed by atoms with Crippen LogP contribution in [0.1, 0.15) is 20.3 Å². The van der Waals surface area contributed by atoms with Crippen LogP contribution >= 0.6 is 0 Å². The summed E-state index contributed by atoms with van der Waals surface area (Å²) in [6.45, 7) is 7.02. The molecule has 2 nitrogen and oxygen atoms in total. The minimum Gasteiger partial charge on any atom is -0.354 e. The van der Waals surface area contributed by atoms with Gasteiger partial charge in [0.2, 0.25) is 5.91 Å². The highest BCUT2D eigenvalue weighted by atomic mass is 16.1. The predicted octanol–water partition coefficient (Wildman–Crippen LogP) is 1.09. The van der Waals surface area contributed by atoms with Crippen LogP contribution in [0.4, 0.5) is 0 Å². The zero-order valence-corrected chi connectivity index (χ0v) is 5.98. The molecule has 0 aliphatic carbocycles. The van der Waals surface area contributed by atoms with Crippen LogP contribution < -0.4 is 5.32 Å². The molecule has 0 aromatic heterocycles. The second kappa shape index (κ2) is 4.13. The monoisotopic (exact) mass is 127 g/mol. The molecule has 9 heavy (non-hydrogen) atoms. The van der Waals surface area contributed by atoms with Crippen LogP contribution in [0.3, 0.4) is 0 Å². The fraction of sp³-hybridized carbons (Fsp3) is 0.571. The van der Waals surface area contributed by atoms with E-state index in [1.165, 1.54) is 6.92 Å². The first-order valence-corrected chi connectivity index (χ1v) is 3.04. The number of rotatable bonds is 3. The molecule has 0 aliphatic rings. The molecule has 0 aromatic rings. The van der Waals surface area contributed by atoms with E-state index in [1.807, 2.05) is 6.92 Å². The quantitative estimate of drug-likeness (QED) is 0.565. The number of hydrogen-bond acceptors (Lipinski definition) is 1. The maximum Gasteiger partial charge on any atom is 0.217 e. The second-order valence-electron chi connectivity index (χ2n) is 2.13. The molecule has 52 valence electrons. The van der Waals surface area contributed by atoms with E-state index in [2.05, 4.69) is 11.9 Å². The molecule has 0 spiro atoms. The Hall–Kier alpha value is -0.790. The summed E-state index contributed by atoms with van der Waals surface area (Å²) in [6, 6.07) is 0.222. The Morgan fingerprint density at radius 3 is 2.78 bits per heavy atom. The fourth-order valence-electron chi connectivity index (χ4n) is 0.656. The van der Waals surface area contributed by atoms with Crippen molar-refractivity contribution >= 4 is 5.91 Å². The van der Waals surface area contributed by atoms with Crippen molar-refractivity contribution in [3.8, 4) is 0 Å². The molecule has 0 heterocycles. The van der Waals surface area contributed by atoms with E-state index in [0.717, 1.165) is 6.42 Å². The van der Waals surface area contributed by atoms with Crippen LogP contribution in [0.25, 0.3) is 0 Å². The van der Waals surface area contributed by atoms with Crippen molar-refractivity contribution in [2.24, 2.45) is 0 Å². The summed E-state index contributed by atoms with van der Waals surface area (Å²) in [5.41, 5.74) is 0. The van der Waals surface area contributed by atoms with E-state index in [-0.39, 0.29) is 11.9 Å². The third-order valence-electron chi connectivity index (χ3n) is 0.970. The number of carbonyl (C=O) groups excluding carboxylic acids is 1. The van der Waals surface area contributed by atoms with Gasteiger partial charge in [-0.15, -0.1) is 6.58 Å². The van der Waals surface area contributed by atoms with Gasteiger partial charge in [0.05, 0.1) is 0 Å². The third kappa shape index (κ3) is 5.07. The highest BCUT2D eigenvalue weighted by Crippen LogP contribution is 1.88. The predicted molar refractivity (Wildman–Crippen MR) is 38.1 cm³/mol. The van der Waals surface area contributed by atoms with Gasteiger partial charge in [-0.25, -0.2) is 0 Å². The minimum atomic E-state index is 0.0179. The van der Waals surface area contributed by atoms with Gasteiger partial charge in [0.25, 0.3) is 0 Å². The Morgan fingerprint density at radius 2 is 2.44 bits per heavy atom. The lowest BCUT2D eigenvalue weighted by Crippen LogP contribution is -2.29. The van der Waals surface area contributed by atoms with Gasteiger partial charge in [-0.3, -0.25) is 4.79 Å². The van der Waals surface area contributed by atoms with Crippen molar-refractivity contribution in [1.29, 1.82) is 0 Å². The van der Waals surface area contributed by atoms with E-state index in [1.54, 1.807) is 6.08 Å². The summed E-state index contributed by atoms with van der Waals surface area (Å²) in [6.07, 6.45) is 2.63. The normalized spacial score (nSPS) is 12.2. The van der Waals surface area contributed by atoms with Crippen molar-refractivity contribution in [3.63, 3.8) is 0 Å². The summed E-state index contributed by atoms with van der Waals surface area (Å²) in [4.78, 5) is 10.4. The second-order valence-corrected chi connectivity index (χ2v) is 2.13. The van der Waals surface area contributed by atoms with Crippen molar-refractivity contribution in [1.82, 2.24) is 5.32 Å². The van der Waals surface area contributed by atoms with Crippen molar-refractivity contribution in [2.75, 3.05) is 0 Å². The van der Waals surface area contributed by atoms with E-state index in [4.69, 9.17) is 0 Å². The summed E-state index contributed by atoms with van der Waals surface area (Å²) in [5, 5.41) is 2.73. The SMILES string of the molecule is C=CCC(C)NC(C)=O. The van der Waals surface area contributed by atoms with Crippen molar-refractivity contribution in [3.05, 3.63) is 12.7 Å². The Labute approximate surface area is 56.0 Å². The van der Waals surface area contributed by atoms with Crippen LogP contribution in [0, 0.1) is 0 Å². The van der Waals surface area contributed by atoms with E-state index < -0.39 is 0 Å². The van der Waals surface area contributed by atoms with Crippen molar-refractivity contribution in [2.45, 2.75) is 26.3 Å². The van der Waals surface area contributed by atoms with Crippen LogP contribution in [0.15, 0.2) is 12.7 Å². The van der Waals surface area contributed by atoms with E-state index >= 15 is 0 Å². The van der Waals surface area contributed by atoms with E-state index in [9.17, 15) is 4.79 Å². The van der Waals surface area contributed by atoms with Gasteiger partial charge >= 0.3 is 0 Å². The molecule has 1 atom stereocenters. The lowest BCUT2D eigenvalue weighted by atomic mass is 10.2. The Kier molecular flexibility index (Phi) is 3.76. The molecule has 0 aliphatic heterocycles. The Morgan fingerprint density at radius 1 is 1.89 bits per heavy atom. The van der Waals surface area contributed by atoms with Gasteiger partial charge in [-0.05, 0) is 13.3 Å². The first kappa shape index (κ1) is 8.21. The van der Waals surface area contributed by atoms with Gasteiger partial charge in [0, 0.05) is 13.0 Å². The molecule has 1 unspecified atom stereocenters. The van der Waals surface area contributed by atoms with Crippen LogP contribution in [-0.4, -0.2) is 11.9 Å². The average Bonchev–Trinajstić information content (AvgIpc) is 1.63. The highest BCUT2D eigenvalue weighted by molar-refractivity contribution is 5.73. The summed E-state index contributed by atoms with van der Waals surface area (Å²) in [5.74, 6) is 0.0179. The molecule has 1 N–H and O–H groups in total. The molecule has 0 aromatic carbocycles. The zero-order valence-electron chi connectivity index (χ0n) is 5.98. The van der Waals surface area contributed by atoms with Crippen LogP contribution in [0.2, 0.25) is 0 Å². The lowest BCUT2D eigenvalue weighted by molar-refractivity contribution is -0.119. The number of carbonyl (C=O) groups is 1. The molecule has 0 saturated carbocycles. The van der Waals surface area contributed by atoms with Gasteiger partial charge in [-0.2, -0.15) is 0 Å². The minimum absolute atomic E-state index is 0.0179. The first-order chi connectivity index (χ1) is 4.16. The fourth-order valence-corrected chi connectivity index (χ4v) is 0.656. The standard InChI is InChI=1S/C7H13NO/c1-4-5-6(2)8-7(3)9/h4,6H,1,5H2,2-3H3,(H,8,9). The molecule has 0 radical (unpaired) electrons. The third-order valence-corrected chi connectivity index (χ3v) is 0.970. The number of hydrogen-bond donors (Lipinski definition) is 1. The molecule has 2 heteroatoms. The van der Waals surface area contributed by atoms with Crippen LogP contribution in [0.5, 0.6) is 0 Å². The Bertz CT molecular complexity index is 109. The Balaban J connectivity index is 3.37. The molecule has 1 amide bonds. The molecule has 0 fully saturated rings. The zero-order chi connectivity index (χ0) is 7.28. The average molecular weight is 127 g/mol. The topological polar surface area (TPSA) is 29.1 Å². The summed E-state index contributed by atoms with van der Waals surface area (Å²) < 4.78 is 0. The molecule has 0 bridgehead atoms.